The third-order valence-electron chi connectivity index (χ3n) is 2.83. The van der Waals surface area contributed by atoms with Gasteiger partial charge in [0.1, 0.15) is 0 Å². The van der Waals surface area contributed by atoms with Crippen LogP contribution in [0.1, 0.15) is 32.8 Å². The van der Waals surface area contributed by atoms with E-state index in [1.807, 2.05) is 51.1 Å². The molecule has 1 aromatic rings. The summed E-state index contributed by atoms with van der Waals surface area (Å²) in [5.74, 6) is -0.913. The summed E-state index contributed by atoms with van der Waals surface area (Å²) in [6, 6.07) is 9.24. The summed E-state index contributed by atoms with van der Waals surface area (Å²) in [5, 5.41) is 12.8. The van der Waals surface area contributed by atoms with Crippen LogP contribution in [0.25, 0.3) is 0 Å². The molecule has 0 aliphatic rings. The highest BCUT2D eigenvalue weighted by molar-refractivity contribution is 5.81. The van der Waals surface area contributed by atoms with Crippen LogP contribution in [-0.2, 0) is 15.1 Å². The quantitative estimate of drug-likeness (QED) is 0.709. The topological polar surface area (TPSA) is 58.6 Å². The first-order chi connectivity index (χ1) is 9.03. The number of benzene rings is 1. The minimum atomic E-state index is -1.19. The highest BCUT2D eigenvalue weighted by Crippen LogP contribution is 2.23. The van der Waals surface area contributed by atoms with Gasteiger partial charge in [-0.2, -0.15) is 0 Å². The molecule has 0 heterocycles. The average molecular weight is 265 g/mol. The van der Waals surface area contributed by atoms with Gasteiger partial charge >= 0.3 is 5.97 Å². The Balaban J connectivity index is 3.08. The number of aliphatic carboxylic acids is 1. The molecule has 2 N–H and O–H groups in total. The fourth-order valence-corrected chi connectivity index (χ4v) is 2.04. The van der Waals surface area contributed by atoms with Gasteiger partial charge in [0.15, 0.2) is 5.54 Å². The van der Waals surface area contributed by atoms with Crippen LogP contribution < -0.4 is 5.32 Å². The summed E-state index contributed by atoms with van der Waals surface area (Å²) < 4.78 is 5.52. The first-order valence-electron chi connectivity index (χ1n) is 6.67. The van der Waals surface area contributed by atoms with Crippen LogP contribution in [0.15, 0.2) is 30.3 Å². The van der Waals surface area contributed by atoms with Crippen molar-refractivity contribution in [2.24, 2.45) is 0 Å². The van der Waals surface area contributed by atoms with E-state index >= 15 is 0 Å². The van der Waals surface area contributed by atoms with Gasteiger partial charge in [-0.05, 0) is 25.8 Å². The molecule has 1 aromatic carbocycles. The molecule has 4 heteroatoms. The Kier molecular flexibility index (Phi) is 5.99. The zero-order valence-electron chi connectivity index (χ0n) is 11.8. The van der Waals surface area contributed by atoms with Gasteiger partial charge in [0.2, 0.25) is 0 Å². The molecule has 0 bridgehead atoms. The molecule has 1 unspecified atom stereocenters. The summed E-state index contributed by atoms with van der Waals surface area (Å²) in [7, 11) is 0. The number of carboxylic acid groups (broad SMARTS) is 1. The second kappa shape index (κ2) is 7.26. The molecule has 0 amide bonds. The number of rotatable bonds is 8. The third kappa shape index (κ3) is 4.04. The van der Waals surface area contributed by atoms with E-state index in [1.165, 1.54) is 0 Å². The number of nitrogens with one attached hydrogen (secondary N) is 1. The Bertz CT molecular complexity index is 392. The number of ether oxygens (including phenoxy) is 1. The maximum atomic E-state index is 11.8. The van der Waals surface area contributed by atoms with Gasteiger partial charge in [0.05, 0.1) is 6.61 Å². The Hall–Kier alpha value is -1.39. The fourth-order valence-electron chi connectivity index (χ4n) is 2.04. The lowest BCUT2D eigenvalue weighted by atomic mass is 9.90. The van der Waals surface area contributed by atoms with E-state index in [2.05, 4.69) is 5.32 Å². The first kappa shape index (κ1) is 15.7. The Morgan fingerprint density at radius 3 is 2.47 bits per heavy atom. The van der Waals surface area contributed by atoms with E-state index in [0.29, 0.717) is 12.2 Å². The van der Waals surface area contributed by atoms with Crippen molar-refractivity contribution < 1.29 is 14.6 Å². The number of hydrogen-bond acceptors (Lipinski definition) is 3. The van der Waals surface area contributed by atoms with Crippen molar-refractivity contribution in [3.8, 4) is 0 Å². The van der Waals surface area contributed by atoms with E-state index in [4.69, 9.17) is 4.74 Å². The van der Waals surface area contributed by atoms with E-state index in [1.54, 1.807) is 0 Å². The number of carbonyl (C=O) groups is 1. The monoisotopic (exact) mass is 265 g/mol. The molecule has 19 heavy (non-hydrogen) atoms. The van der Waals surface area contributed by atoms with Gasteiger partial charge in [0, 0.05) is 12.6 Å². The summed E-state index contributed by atoms with van der Waals surface area (Å²) in [6.45, 7) is 6.54. The lowest BCUT2D eigenvalue weighted by molar-refractivity contribution is -0.149. The molecule has 0 spiro atoms. The second-order valence-electron chi connectivity index (χ2n) is 4.93. The minimum absolute atomic E-state index is 0.0431. The minimum Gasteiger partial charge on any atom is -0.480 e. The summed E-state index contributed by atoms with van der Waals surface area (Å²) in [6.07, 6.45) is 0.867. The van der Waals surface area contributed by atoms with Crippen LogP contribution in [0.4, 0.5) is 0 Å². The molecule has 1 atom stereocenters. The van der Waals surface area contributed by atoms with Crippen LogP contribution in [0.3, 0.4) is 0 Å². The molecule has 0 fully saturated rings. The van der Waals surface area contributed by atoms with Gasteiger partial charge < -0.3 is 9.84 Å². The predicted octanol–water partition coefficient (Wildman–Crippen LogP) is 2.39. The molecule has 0 aliphatic heterocycles. The third-order valence-corrected chi connectivity index (χ3v) is 2.83. The Morgan fingerprint density at radius 1 is 1.37 bits per heavy atom. The van der Waals surface area contributed by atoms with Crippen molar-refractivity contribution in [2.75, 3.05) is 13.2 Å². The molecule has 0 saturated heterocycles. The van der Waals surface area contributed by atoms with Crippen LogP contribution in [0, 0.1) is 0 Å². The van der Waals surface area contributed by atoms with Gasteiger partial charge in [-0.3, -0.25) is 5.32 Å². The normalized spacial score (nSPS) is 14.3. The second-order valence-corrected chi connectivity index (χ2v) is 4.93. The van der Waals surface area contributed by atoms with Gasteiger partial charge in [-0.25, -0.2) is 4.79 Å². The zero-order chi connectivity index (χ0) is 14.3. The van der Waals surface area contributed by atoms with Gasteiger partial charge in [-0.15, -0.1) is 0 Å². The van der Waals surface area contributed by atoms with Crippen LogP contribution >= 0.6 is 0 Å². The maximum Gasteiger partial charge on any atom is 0.331 e. The lowest BCUT2D eigenvalue weighted by Crippen LogP contribution is -2.55. The first-order valence-corrected chi connectivity index (χ1v) is 6.67. The highest BCUT2D eigenvalue weighted by Gasteiger charge is 2.41. The molecule has 4 nitrogen and oxygen atoms in total. The zero-order valence-corrected chi connectivity index (χ0v) is 11.8. The summed E-state index contributed by atoms with van der Waals surface area (Å²) in [4.78, 5) is 11.8. The van der Waals surface area contributed by atoms with Crippen molar-refractivity contribution in [1.82, 2.24) is 5.32 Å². The standard InChI is InChI=1S/C15H23NO3/c1-4-10-19-11-15(14(17)18,16-12(2)3)13-8-6-5-7-9-13/h5-9,12,16H,4,10-11H2,1-3H3,(H,17,18). The van der Waals surface area contributed by atoms with E-state index < -0.39 is 11.5 Å². The van der Waals surface area contributed by atoms with Crippen molar-refractivity contribution in [1.29, 1.82) is 0 Å². The highest BCUT2D eigenvalue weighted by atomic mass is 16.5. The Morgan fingerprint density at radius 2 is 2.00 bits per heavy atom. The Labute approximate surface area is 114 Å². The van der Waals surface area contributed by atoms with Gasteiger partial charge in [0.25, 0.3) is 0 Å². The van der Waals surface area contributed by atoms with Crippen molar-refractivity contribution >= 4 is 5.97 Å². The summed E-state index contributed by atoms with van der Waals surface area (Å²) >= 11 is 0. The van der Waals surface area contributed by atoms with Crippen molar-refractivity contribution in [3.63, 3.8) is 0 Å². The number of carboxylic acids is 1. The lowest BCUT2D eigenvalue weighted by Gasteiger charge is -2.33. The van der Waals surface area contributed by atoms with Crippen molar-refractivity contribution in [2.45, 2.75) is 38.8 Å². The summed E-state index contributed by atoms with van der Waals surface area (Å²) in [5.41, 5.74) is -0.475. The smallest absolute Gasteiger partial charge is 0.331 e. The molecule has 0 saturated carbocycles. The molecular weight excluding hydrogens is 242 g/mol. The molecular formula is C15H23NO3. The van der Waals surface area contributed by atoms with Crippen LogP contribution in [0.2, 0.25) is 0 Å². The molecule has 0 aromatic heterocycles. The molecule has 1 rings (SSSR count). The molecule has 106 valence electrons. The van der Waals surface area contributed by atoms with Gasteiger partial charge in [-0.1, -0.05) is 37.3 Å². The van der Waals surface area contributed by atoms with E-state index in [-0.39, 0.29) is 12.6 Å². The van der Waals surface area contributed by atoms with E-state index in [0.717, 1.165) is 6.42 Å². The van der Waals surface area contributed by atoms with Crippen molar-refractivity contribution in [3.05, 3.63) is 35.9 Å². The van der Waals surface area contributed by atoms with Crippen LogP contribution in [0.5, 0.6) is 0 Å². The average Bonchev–Trinajstić information content (AvgIpc) is 2.38. The predicted molar refractivity (Wildman–Crippen MR) is 75.1 cm³/mol. The largest absolute Gasteiger partial charge is 0.480 e. The maximum absolute atomic E-state index is 11.8. The number of hydrogen-bond donors (Lipinski definition) is 2. The fraction of sp³-hybridized carbons (Fsp3) is 0.533. The molecule has 0 aliphatic carbocycles. The SMILES string of the molecule is CCCOCC(NC(C)C)(C(=O)O)c1ccccc1. The van der Waals surface area contributed by atoms with E-state index in [9.17, 15) is 9.90 Å². The van der Waals surface area contributed by atoms with Crippen LogP contribution in [-0.4, -0.2) is 30.3 Å². The molecule has 0 radical (unpaired) electrons.